The summed E-state index contributed by atoms with van der Waals surface area (Å²) in [4.78, 5) is 27.4. The Morgan fingerprint density at radius 2 is 1.72 bits per heavy atom. The molecule has 2 saturated heterocycles. The van der Waals surface area contributed by atoms with Crippen LogP contribution in [0.4, 0.5) is 29.1 Å². The summed E-state index contributed by atoms with van der Waals surface area (Å²) in [6, 6.07) is 6.57. The molecule has 0 radical (unpaired) electrons. The minimum Gasteiger partial charge on any atom is -0.378 e. The number of likely N-dealkylation sites (N-methyl/N-ethyl adjacent to an activating group) is 1. The number of ether oxygens (including phenoxy) is 1. The number of nitrogens with one attached hydrogen (secondary N) is 1. The zero-order valence-electron chi connectivity index (χ0n) is 22.4. The second-order valence-corrected chi connectivity index (χ2v) is 10.6. The van der Waals surface area contributed by atoms with Gasteiger partial charge in [0.15, 0.2) is 5.11 Å². The second-order valence-electron chi connectivity index (χ2n) is 10.2. The number of nitrogens with two attached hydrogens (primary N) is 1. The quantitative estimate of drug-likeness (QED) is 0.468. The van der Waals surface area contributed by atoms with E-state index in [2.05, 4.69) is 67.1 Å². The molecule has 5 heterocycles. The average molecular weight is 547 g/mol. The van der Waals surface area contributed by atoms with E-state index in [1.807, 2.05) is 0 Å². The van der Waals surface area contributed by atoms with Gasteiger partial charge in [-0.2, -0.15) is 4.98 Å². The predicted molar refractivity (Wildman–Crippen MR) is 159 cm³/mol. The number of anilines is 5. The first kappa shape index (κ1) is 25.7. The molecule has 3 N–H and O–H groups in total. The smallest absolute Gasteiger partial charge is 0.228 e. The number of hydrogen-bond donors (Lipinski definition) is 2. The number of rotatable bonds is 4. The van der Waals surface area contributed by atoms with E-state index in [1.54, 1.807) is 12.4 Å². The Morgan fingerprint density at radius 1 is 0.974 bits per heavy atom. The van der Waals surface area contributed by atoms with Crippen LogP contribution in [0.25, 0.3) is 11.3 Å². The van der Waals surface area contributed by atoms with E-state index in [4.69, 9.17) is 32.7 Å². The zero-order chi connectivity index (χ0) is 26.9. The van der Waals surface area contributed by atoms with Gasteiger partial charge in [0.1, 0.15) is 5.82 Å². The number of aryl methyl sites for hydroxylation is 1. The van der Waals surface area contributed by atoms with E-state index < -0.39 is 0 Å². The van der Waals surface area contributed by atoms with Gasteiger partial charge in [-0.3, -0.25) is 0 Å². The molecule has 12 heteroatoms. The molecule has 6 rings (SSSR count). The number of piperazine rings is 1. The summed E-state index contributed by atoms with van der Waals surface area (Å²) in [5.74, 6) is 1.72. The van der Waals surface area contributed by atoms with Gasteiger partial charge in [-0.15, -0.1) is 0 Å². The Hall–Kier alpha value is -3.61. The van der Waals surface area contributed by atoms with Crippen LogP contribution in [0, 0.1) is 6.92 Å². The van der Waals surface area contributed by atoms with Crippen LogP contribution in [0.1, 0.15) is 11.1 Å². The van der Waals surface area contributed by atoms with Crippen molar-refractivity contribution in [1.29, 1.82) is 0 Å². The van der Waals surface area contributed by atoms with Crippen molar-refractivity contribution in [2.24, 2.45) is 0 Å². The maximum atomic E-state index is 5.98. The third-order valence-corrected chi connectivity index (χ3v) is 7.95. The highest BCUT2D eigenvalue weighted by Gasteiger charge is 2.31. The molecule has 204 valence electrons. The lowest BCUT2D eigenvalue weighted by Crippen LogP contribution is -2.44. The van der Waals surface area contributed by atoms with E-state index >= 15 is 0 Å². The maximum absolute atomic E-state index is 5.98. The lowest BCUT2D eigenvalue weighted by atomic mass is 10.1. The van der Waals surface area contributed by atoms with Gasteiger partial charge >= 0.3 is 0 Å². The van der Waals surface area contributed by atoms with Crippen LogP contribution in [0.5, 0.6) is 0 Å². The van der Waals surface area contributed by atoms with Crippen molar-refractivity contribution in [2.75, 3.05) is 91.8 Å². The van der Waals surface area contributed by atoms with Gasteiger partial charge in [0.25, 0.3) is 0 Å². The molecular formula is C27H34N10OS. The zero-order valence-corrected chi connectivity index (χ0v) is 23.2. The molecule has 3 aliphatic rings. The summed E-state index contributed by atoms with van der Waals surface area (Å²) in [6.45, 7) is 9.73. The van der Waals surface area contributed by atoms with Crippen LogP contribution in [0.15, 0.2) is 30.6 Å². The number of morpholine rings is 1. The molecule has 0 amide bonds. The Balaban J connectivity index is 1.30. The Kier molecular flexibility index (Phi) is 7.15. The van der Waals surface area contributed by atoms with Gasteiger partial charge in [0.2, 0.25) is 11.9 Å². The number of nitrogen functional groups attached to an aromatic ring is 1. The van der Waals surface area contributed by atoms with Crippen LogP contribution in [-0.4, -0.2) is 96.0 Å². The van der Waals surface area contributed by atoms with Gasteiger partial charge in [-0.05, 0) is 50.3 Å². The van der Waals surface area contributed by atoms with Gasteiger partial charge in [0, 0.05) is 80.7 Å². The molecular weight excluding hydrogens is 512 g/mol. The second kappa shape index (κ2) is 10.9. The van der Waals surface area contributed by atoms with E-state index in [-0.39, 0.29) is 5.95 Å². The molecule has 0 unspecified atom stereocenters. The number of thiocarbonyl (C=S) groups is 1. The molecule has 3 aromatic rings. The van der Waals surface area contributed by atoms with Gasteiger partial charge in [-0.1, -0.05) is 6.07 Å². The fourth-order valence-electron chi connectivity index (χ4n) is 5.23. The summed E-state index contributed by atoms with van der Waals surface area (Å²) in [7, 11) is 2.17. The van der Waals surface area contributed by atoms with Crippen LogP contribution in [0.3, 0.4) is 0 Å². The van der Waals surface area contributed by atoms with E-state index in [0.717, 1.165) is 79.6 Å². The lowest BCUT2D eigenvalue weighted by molar-refractivity contribution is 0.122. The van der Waals surface area contributed by atoms with Gasteiger partial charge in [0.05, 0.1) is 18.9 Å². The normalized spacial score (nSPS) is 17.8. The Morgan fingerprint density at radius 3 is 2.46 bits per heavy atom. The Labute approximate surface area is 234 Å². The van der Waals surface area contributed by atoms with Crippen molar-refractivity contribution < 1.29 is 4.74 Å². The molecule has 11 nitrogen and oxygen atoms in total. The third kappa shape index (κ3) is 5.32. The van der Waals surface area contributed by atoms with E-state index in [0.29, 0.717) is 30.8 Å². The van der Waals surface area contributed by atoms with Gasteiger partial charge in [-0.25, -0.2) is 15.0 Å². The maximum Gasteiger partial charge on any atom is 0.228 e. The van der Waals surface area contributed by atoms with Crippen molar-refractivity contribution in [3.05, 3.63) is 41.7 Å². The topological polar surface area (TPSA) is 112 Å². The number of aromatic nitrogens is 4. The van der Waals surface area contributed by atoms with Crippen LogP contribution in [0.2, 0.25) is 0 Å². The number of nitrogens with zero attached hydrogens (tertiary/aromatic N) is 8. The number of fused-ring (bicyclic) bond motifs is 1. The highest BCUT2D eigenvalue weighted by Crippen LogP contribution is 2.36. The molecule has 0 saturated carbocycles. The molecule has 2 fully saturated rings. The molecule has 0 spiro atoms. The van der Waals surface area contributed by atoms with Crippen molar-refractivity contribution in [3.63, 3.8) is 0 Å². The summed E-state index contributed by atoms with van der Waals surface area (Å²) in [5.41, 5.74) is 11.8. The molecule has 3 aliphatic heterocycles. The highest BCUT2D eigenvalue weighted by molar-refractivity contribution is 7.80. The largest absolute Gasteiger partial charge is 0.378 e. The fourth-order valence-corrected chi connectivity index (χ4v) is 5.52. The van der Waals surface area contributed by atoms with E-state index in [9.17, 15) is 0 Å². The predicted octanol–water partition coefficient (Wildman–Crippen LogP) is 2.17. The van der Waals surface area contributed by atoms with Crippen LogP contribution < -0.4 is 25.8 Å². The van der Waals surface area contributed by atoms with E-state index in [1.165, 1.54) is 5.69 Å². The Bertz CT molecular complexity index is 1350. The first-order chi connectivity index (χ1) is 19.0. The molecule has 39 heavy (non-hydrogen) atoms. The first-order valence-corrected chi connectivity index (χ1v) is 13.8. The van der Waals surface area contributed by atoms with Crippen molar-refractivity contribution in [3.8, 4) is 11.3 Å². The molecule has 0 aliphatic carbocycles. The van der Waals surface area contributed by atoms with Crippen molar-refractivity contribution in [1.82, 2.24) is 24.8 Å². The molecule has 2 aromatic heterocycles. The SMILES string of the molecule is Cc1ccc(N2CCN(C)CC2)cc1NC(=S)N1CCc2c(-c3cnc(N)nc3)nc(N3CCOCC3)nc21. The van der Waals surface area contributed by atoms with Crippen LogP contribution >= 0.6 is 12.2 Å². The third-order valence-electron chi connectivity index (χ3n) is 7.63. The number of benzene rings is 1. The van der Waals surface area contributed by atoms with Gasteiger partial charge < -0.3 is 35.4 Å². The fraction of sp³-hybridized carbons (Fsp3) is 0.444. The van der Waals surface area contributed by atoms with Crippen molar-refractivity contribution in [2.45, 2.75) is 13.3 Å². The monoisotopic (exact) mass is 546 g/mol. The summed E-state index contributed by atoms with van der Waals surface area (Å²) in [5, 5.41) is 4.16. The summed E-state index contributed by atoms with van der Waals surface area (Å²) < 4.78 is 5.56. The minimum absolute atomic E-state index is 0.235. The lowest BCUT2D eigenvalue weighted by Gasteiger charge is -2.34. The first-order valence-electron chi connectivity index (χ1n) is 13.4. The minimum atomic E-state index is 0.235. The van der Waals surface area contributed by atoms with Crippen LogP contribution in [-0.2, 0) is 11.2 Å². The molecule has 1 aromatic carbocycles. The number of hydrogen-bond acceptors (Lipinski definition) is 10. The highest BCUT2D eigenvalue weighted by atomic mass is 32.1. The summed E-state index contributed by atoms with van der Waals surface area (Å²) >= 11 is 5.98. The summed E-state index contributed by atoms with van der Waals surface area (Å²) in [6.07, 6.45) is 4.21. The van der Waals surface area contributed by atoms with Crippen molar-refractivity contribution >= 4 is 46.4 Å². The molecule has 0 atom stereocenters. The standard InChI is InChI=1S/C27H34N10OS/c1-18-3-4-20(35-9-7-34(2)8-10-35)15-22(18)31-27(39)37-6-5-21-23(19-16-29-25(28)30-17-19)32-26(33-24(21)37)36-11-13-38-14-12-36/h3-4,15-17H,5-14H2,1-2H3,(H,31,39)(H2,28,29,30). The average Bonchev–Trinajstić information content (AvgIpc) is 3.39. The molecule has 0 bridgehead atoms.